The van der Waals surface area contributed by atoms with Crippen LogP contribution in [0.1, 0.15) is 0 Å². The molecule has 0 bridgehead atoms. The van der Waals surface area contributed by atoms with Crippen LogP contribution in [0, 0.1) is 11.8 Å². The first-order valence-electron chi connectivity index (χ1n) is 3.86. The van der Waals surface area contributed by atoms with Gasteiger partial charge in [-0.1, -0.05) is 0 Å². The second-order valence-corrected chi connectivity index (χ2v) is 3.03. The van der Waals surface area contributed by atoms with Crippen molar-refractivity contribution in [2.75, 3.05) is 6.54 Å². The molecule has 7 nitrogen and oxygen atoms in total. The van der Waals surface area contributed by atoms with Crippen molar-refractivity contribution in [1.29, 1.82) is 0 Å². The number of aliphatic carboxylic acids is 3. The van der Waals surface area contributed by atoms with Gasteiger partial charge < -0.3 is 20.6 Å². The van der Waals surface area contributed by atoms with E-state index in [4.69, 9.17) is 15.3 Å². The summed E-state index contributed by atoms with van der Waals surface area (Å²) in [6.45, 7) is -0.432. The number of rotatable bonds is 5. The van der Waals surface area contributed by atoms with Crippen LogP contribution in [0.15, 0.2) is 0 Å². The zero-order chi connectivity index (χ0) is 10.9. The van der Waals surface area contributed by atoms with Gasteiger partial charge in [0.25, 0.3) is 0 Å². The Kier molecular flexibility index (Phi) is 2.70. The van der Waals surface area contributed by atoms with E-state index < -0.39 is 42.3 Å². The quantitative estimate of drug-likeness (QED) is 0.426. The molecule has 0 aromatic heterocycles. The Balaban J connectivity index is 2.50. The summed E-state index contributed by atoms with van der Waals surface area (Å²) in [5, 5.41) is 27.8. The van der Waals surface area contributed by atoms with Crippen LogP contribution < -0.4 is 5.32 Å². The number of carboxylic acids is 3. The predicted molar refractivity (Wildman–Crippen MR) is 41.7 cm³/mol. The van der Waals surface area contributed by atoms with Gasteiger partial charge in [0, 0.05) is 6.04 Å². The second kappa shape index (κ2) is 3.62. The number of hydrogen-bond donors (Lipinski definition) is 4. The fourth-order valence-corrected chi connectivity index (χ4v) is 1.38. The van der Waals surface area contributed by atoms with Crippen molar-refractivity contribution in [3.05, 3.63) is 0 Å². The van der Waals surface area contributed by atoms with Crippen molar-refractivity contribution in [3.63, 3.8) is 0 Å². The van der Waals surface area contributed by atoms with Gasteiger partial charge in [0.05, 0.1) is 18.4 Å². The summed E-state index contributed by atoms with van der Waals surface area (Å²) < 4.78 is 0. The van der Waals surface area contributed by atoms with Crippen LogP contribution in [0.4, 0.5) is 0 Å². The molecule has 0 spiro atoms. The van der Waals surface area contributed by atoms with E-state index in [1.54, 1.807) is 0 Å². The van der Waals surface area contributed by atoms with Crippen molar-refractivity contribution < 1.29 is 29.7 Å². The first-order valence-corrected chi connectivity index (χ1v) is 3.86. The third-order valence-electron chi connectivity index (χ3n) is 2.08. The van der Waals surface area contributed by atoms with Crippen LogP contribution >= 0.6 is 0 Å². The van der Waals surface area contributed by atoms with E-state index in [1.807, 2.05) is 0 Å². The molecule has 1 aliphatic rings. The first kappa shape index (κ1) is 10.5. The fraction of sp³-hybridized carbons (Fsp3) is 0.571. The van der Waals surface area contributed by atoms with Gasteiger partial charge in [-0.25, -0.2) is 0 Å². The summed E-state index contributed by atoms with van der Waals surface area (Å²) in [5.74, 6) is -5.63. The standard InChI is InChI=1S/C7H9NO6/c9-2(10)1-8-5-3(6(11)12)4(5)7(13)14/h3-5,8H,1H2,(H,9,10)(H,11,12)(H,13,14). The molecule has 0 aromatic carbocycles. The smallest absolute Gasteiger partial charge is 0.317 e. The van der Waals surface area contributed by atoms with Gasteiger partial charge in [0.15, 0.2) is 0 Å². The summed E-state index contributed by atoms with van der Waals surface area (Å²) in [5.41, 5.74) is 0. The van der Waals surface area contributed by atoms with Crippen molar-refractivity contribution in [3.8, 4) is 0 Å². The van der Waals surface area contributed by atoms with E-state index in [2.05, 4.69) is 5.32 Å². The van der Waals surface area contributed by atoms with Gasteiger partial charge in [-0.3, -0.25) is 14.4 Å². The van der Waals surface area contributed by atoms with Crippen LogP contribution in [-0.2, 0) is 14.4 Å². The summed E-state index contributed by atoms with van der Waals surface area (Å²) in [4.78, 5) is 31.1. The molecule has 0 heterocycles. The van der Waals surface area contributed by atoms with E-state index in [9.17, 15) is 14.4 Å². The zero-order valence-electron chi connectivity index (χ0n) is 7.01. The molecule has 1 aliphatic carbocycles. The third-order valence-corrected chi connectivity index (χ3v) is 2.08. The molecule has 0 radical (unpaired) electrons. The lowest BCUT2D eigenvalue weighted by atomic mass is 10.3. The molecule has 78 valence electrons. The fourth-order valence-electron chi connectivity index (χ4n) is 1.38. The highest BCUT2D eigenvalue weighted by molar-refractivity contribution is 5.87. The van der Waals surface area contributed by atoms with Crippen molar-refractivity contribution >= 4 is 17.9 Å². The Bertz CT molecular complexity index is 268. The minimum absolute atomic E-state index is 0.432. The highest BCUT2D eigenvalue weighted by Gasteiger charge is 2.59. The van der Waals surface area contributed by atoms with Crippen LogP contribution in [0.3, 0.4) is 0 Å². The molecular formula is C7H9NO6. The third kappa shape index (κ3) is 1.99. The van der Waals surface area contributed by atoms with Crippen LogP contribution in [0.5, 0.6) is 0 Å². The van der Waals surface area contributed by atoms with Gasteiger partial charge in [0.2, 0.25) is 0 Å². The highest BCUT2D eigenvalue weighted by Crippen LogP contribution is 2.39. The molecular weight excluding hydrogens is 194 g/mol. The van der Waals surface area contributed by atoms with E-state index in [-0.39, 0.29) is 0 Å². The lowest BCUT2D eigenvalue weighted by Gasteiger charge is -1.96. The molecule has 0 aromatic rings. The van der Waals surface area contributed by atoms with Crippen LogP contribution in [0.2, 0.25) is 0 Å². The van der Waals surface area contributed by atoms with Crippen molar-refractivity contribution in [2.45, 2.75) is 6.04 Å². The van der Waals surface area contributed by atoms with Gasteiger partial charge in [-0.05, 0) is 0 Å². The Morgan fingerprint density at radius 3 is 1.71 bits per heavy atom. The topological polar surface area (TPSA) is 124 Å². The minimum Gasteiger partial charge on any atom is -0.481 e. The summed E-state index contributed by atoms with van der Waals surface area (Å²) in [7, 11) is 0. The number of carboxylic acid groups (broad SMARTS) is 3. The van der Waals surface area contributed by atoms with Gasteiger partial charge in [-0.2, -0.15) is 0 Å². The average Bonchev–Trinajstić information content (AvgIpc) is 2.74. The lowest BCUT2D eigenvalue weighted by molar-refractivity contribution is -0.144. The molecule has 2 atom stereocenters. The van der Waals surface area contributed by atoms with Crippen LogP contribution in [0.25, 0.3) is 0 Å². The molecule has 0 aliphatic heterocycles. The van der Waals surface area contributed by atoms with E-state index in [1.165, 1.54) is 0 Å². The SMILES string of the molecule is O=C(O)CNC1C(C(=O)O)C1C(=O)O. The molecule has 1 rings (SSSR count). The van der Waals surface area contributed by atoms with Gasteiger partial charge >= 0.3 is 17.9 Å². The molecule has 1 fully saturated rings. The maximum absolute atomic E-state index is 10.5. The Morgan fingerprint density at radius 1 is 1.00 bits per heavy atom. The molecule has 14 heavy (non-hydrogen) atoms. The van der Waals surface area contributed by atoms with E-state index in [0.29, 0.717) is 0 Å². The predicted octanol–water partition coefficient (Wildman–Crippen LogP) is -1.56. The molecule has 0 saturated heterocycles. The van der Waals surface area contributed by atoms with E-state index >= 15 is 0 Å². The molecule has 0 amide bonds. The maximum Gasteiger partial charge on any atom is 0.317 e. The Labute approximate surface area is 78.3 Å². The lowest BCUT2D eigenvalue weighted by Crippen LogP contribution is -2.28. The molecule has 2 unspecified atom stereocenters. The summed E-state index contributed by atoms with van der Waals surface area (Å²) in [6, 6.07) is -0.777. The first-order chi connectivity index (χ1) is 6.45. The summed E-state index contributed by atoms with van der Waals surface area (Å²) in [6.07, 6.45) is 0. The Morgan fingerprint density at radius 2 is 1.43 bits per heavy atom. The number of nitrogens with one attached hydrogen (secondary N) is 1. The van der Waals surface area contributed by atoms with Crippen molar-refractivity contribution in [2.24, 2.45) is 11.8 Å². The van der Waals surface area contributed by atoms with Gasteiger partial charge in [0.1, 0.15) is 0 Å². The average molecular weight is 203 g/mol. The normalized spacial score (nSPS) is 29.6. The number of hydrogen-bond acceptors (Lipinski definition) is 4. The van der Waals surface area contributed by atoms with E-state index in [0.717, 1.165) is 0 Å². The van der Waals surface area contributed by atoms with Crippen LogP contribution in [-0.4, -0.2) is 45.8 Å². The summed E-state index contributed by atoms with van der Waals surface area (Å²) >= 11 is 0. The number of carbonyl (C=O) groups is 3. The minimum atomic E-state index is -1.22. The molecule has 7 heteroatoms. The zero-order valence-corrected chi connectivity index (χ0v) is 7.01. The monoisotopic (exact) mass is 203 g/mol. The maximum atomic E-state index is 10.5. The second-order valence-electron chi connectivity index (χ2n) is 3.03. The van der Waals surface area contributed by atoms with Crippen molar-refractivity contribution in [1.82, 2.24) is 5.32 Å². The molecule has 4 N–H and O–H groups in total. The van der Waals surface area contributed by atoms with Gasteiger partial charge in [-0.15, -0.1) is 0 Å². The largest absolute Gasteiger partial charge is 0.481 e. The Hall–Kier alpha value is -1.63. The molecule has 1 saturated carbocycles. The highest BCUT2D eigenvalue weighted by atomic mass is 16.4.